The van der Waals surface area contributed by atoms with Gasteiger partial charge in [-0.1, -0.05) is 0 Å². The third kappa shape index (κ3) is 2.84. The summed E-state index contributed by atoms with van der Waals surface area (Å²) in [7, 11) is 0. The van der Waals surface area contributed by atoms with Crippen molar-refractivity contribution in [1.82, 2.24) is 0 Å². The van der Waals surface area contributed by atoms with Gasteiger partial charge in [0.25, 0.3) is 5.69 Å². The van der Waals surface area contributed by atoms with Crippen molar-refractivity contribution >= 4 is 11.4 Å². The van der Waals surface area contributed by atoms with Crippen LogP contribution in [-0.2, 0) is 0 Å². The fraction of sp³-hybridized carbons (Fsp3) is 0.400. The predicted molar refractivity (Wildman–Crippen MR) is 63.2 cm³/mol. The molecule has 1 aromatic carbocycles. The van der Waals surface area contributed by atoms with Crippen molar-refractivity contribution in [3.63, 3.8) is 0 Å². The average Bonchev–Trinajstić information content (AvgIpc) is 2.27. The lowest BCUT2D eigenvalue weighted by Gasteiger charge is -2.29. The van der Waals surface area contributed by atoms with Crippen LogP contribution < -0.4 is 5.01 Å². The number of rotatable bonds is 3. The number of nitrogens with zero attached hydrogens (tertiary/aromatic N) is 4. The lowest BCUT2D eigenvalue weighted by atomic mass is 10.1. The highest BCUT2D eigenvalue weighted by Crippen LogP contribution is 2.26. The van der Waals surface area contributed by atoms with E-state index < -0.39 is 10.5 Å². The minimum atomic E-state index is -0.649. The molecular formula is C10H14N4O4. The lowest BCUT2D eigenvalue weighted by Crippen LogP contribution is -2.46. The number of nitro groups is 1. The molecule has 0 amide bonds. The number of anilines is 1. The Morgan fingerprint density at radius 2 is 1.72 bits per heavy atom. The van der Waals surface area contributed by atoms with Crippen LogP contribution in [0.1, 0.15) is 20.8 Å². The second kappa shape index (κ2) is 4.86. The maximum atomic E-state index is 11.5. The molecule has 0 heterocycles. The van der Waals surface area contributed by atoms with Crippen LogP contribution in [0.15, 0.2) is 29.5 Å². The molecule has 18 heavy (non-hydrogen) atoms. The molecule has 0 saturated heterocycles. The molecule has 1 aromatic rings. The topological polar surface area (TPSA) is 105 Å². The van der Waals surface area contributed by atoms with Gasteiger partial charge in [0.2, 0.25) is 5.28 Å². The van der Waals surface area contributed by atoms with Crippen LogP contribution in [0.2, 0.25) is 0 Å². The Morgan fingerprint density at radius 1 is 1.22 bits per heavy atom. The van der Waals surface area contributed by atoms with Gasteiger partial charge in [0.15, 0.2) is 0 Å². The van der Waals surface area contributed by atoms with Crippen molar-refractivity contribution in [2.24, 2.45) is 5.28 Å². The average molecular weight is 254 g/mol. The van der Waals surface area contributed by atoms with Gasteiger partial charge in [0.05, 0.1) is 15.4 Å². The maximum Gasteiger partial charge on any atom is 0.269 e. The summed E-state index contributed by atoms with van der Waals surface area (Å²) >= 11 is 0. The zero-order valence-corrected chi connectivity index (χ0v) is 10.3. The summed E-state index contributed by atoms with van der Waals surface area (Å²) in [5, 5.41) is 34.3. The lowest BCUT2D eigenvalue weighted by molar-refractivity contribution is -0.576. The first-order valence-corrected chi connectivity index (χ1v) is 5.14. The maximum absolute atomic E-state index is 11.5. The SMILES string of the molecule is CC(C)(C)N(c1ccc([N+](=O)[O-])cc1)/[N+]([O-])=N/O. The summed E-state index contributed by atoms with van der Waals surface area (Å²) in [5.74, 6) is 0. The number of hydrogen-bond donors (Lipinski definition) is 1. The van der Waals surface area contributed by atoms with E-state index in [1.807, 2.05) is 0 Å². The monoisotopic (exact) mass is 254 g/mol. The molecule has 0 aliphatic heterocycles. The zero-order chi connectivity index (χ0) is 13.9. The summed E-state index contributed by atoms with van der Waals surface area (Å²) < 4.78 is 0. The van der Waals surface area contributed by atoms with Gasteiger partial charge in [-0.15, -0.1) is 5.01 Å². The first-order valence-electron chi connectivity index (χ1n) is 5.14. The van der Waals surface area contributed by atoms with Gasteiger partial charge in [-0.05, 0) is 32.9 Å². The normalized spacial score (nSPS) is 12.3. The third-order valence-electron chi connectivity index (χ3n) is 2.19. The van der Waals surface area contributed by atoms with Crippen LogP contribution in [0.25, 0.3) is 0 Å². The number of nitro benzene ring substituents is 1. The molecule has 0 aromatic heterocycles. The molecule has 0 radical (unpaired) electrons. The molecule has 0 fully saturated rings. The first-order chi connectivity index (χ1) is 8.27. The van der Waals surface area contributed by atoms with E-state index in [-0.39, 0.29) is 10.7 Å². The molecule has 0 saturated carbocycles. The van der Waals surface area contributed by atoms with E-state index >= 15 is 0 Å². The Bertz CT molecular complexity index is 464. The molecule has 1 rings (SSSR count). The zero-order valence-electron chi connectivity index (χ0n) is 10.3. The summed E-state index contributed by atoms with van der Waals surface area (Å²) in [6, 6.07) is 5.39. The first kappa shape index (κ1) is 13.7. The van der Waals surface area contributed by atoms with Crippen molar-refractivity contribution in [1.29, 1.82) is 0 Å². The number of non-ortho nitro benzene ring substituents is 1. The summed E-state index contributed by atoms with van der Waals surface area (Å²) in [5.41, 5.74) is -0.337. The molecule has 1 N–H and O–H groups in total. The van der Waals surface area contributed by atoms with Gasteiger partial charge < -0.3 is 10.4 Å². The van der Waals surface area contributed by atoms with Crippen molar-refractivity contribution in [2.75, 3.05) is 5.01 Å². The summed E-state index contributed by atoms with van der Waals surface area (Å²) in [4.78, 5) is 10.0. The Morgan fingerprint density at radius 3 is 2.06 bits per heavy atom. The smallest absolute Gasteiger partial charge is 0.269 e. The highest BCUT2D eigenvalue weighted by Gasteiger charge is 2.31. The predicted octanol–water partition coefficient (Wildman–Crippen LogP) is 2.47. The van der Waals surface area contributed by atoms with Gasteiger partial charge >= 0.3 is 0 Å². The Labute approximate surface area is 103 Å². The molecule has 0 spiro atoms. The second-order valence-electron chi connectivity index (χ2n) is 4.60. The Hall–Kier alpha value is -2.38. The van der Waals surface area contributed by atoms with Crippen molar-refractivity contribution in [3.8, 4) is 0 Å². The van der Waals surface area contributed by atoms with E-state index in [9.17, 15) is 15.3 Å². The van der Waals surface area contributed by atoms with Gasteiger partial charge in [0.1, 0.15) is 5.69 Å². The van der Waals surface area contributed by atoms with Crippen LogP contribution in [0.5, 0.6) is 0 Å². The van der Waals surface area contributed by atoms with Crippen LogP contribution in [0.4, 0.5) is 11.4 Å². The second-order valence-corrected chi connectivity index (χ2v) is 4.60. The van der Waals surface area contributed by atoms with Gasteiger partial charge in [-0.2, -0.15) is 0 Å². The van der Waals surface area contributed by atoms with E-state index in [1.54, 1.807) is 20.8 Å². The highest BCUT2D eigenvalue weighted by atomic mass is 16.6. The van der Waals surface area contributed by atoms with E-state index in [4.69, 9.17) is 5.21 Å². The Kier molecular flexibility index (Phi) is 3.70. The van der Waals surface area contributed by atoms with Gasteiger partial charge in [0, 0.05) is 12.1 Å². The third-order valence-corrected chi connectivity index (χ3v) is 2.19. The largest absolute Gasteiger partial charge is 0.569 e. The van der Waals surface area contributed by atoms with Gasteiger partial charge in [-0.3, -0.25) is 10.1 Å². The quantitative estimate of drug-likeness (QED) is 0.386. The molecule has 0 aliphatic rings. The van der Waals surface area contributed by atoms with Crippen LogP contribution in [0.3, 0.4) is 0 Å². The van der Waals surface area contributed by atoms with Crippen LogP contribution >= 0.6 is 0 Å². The van der Waals surface area contributed by atoms with E-state index in [0.717, 1.165) is 5.01 Å². The molecule has 8 nitrogen and oxygen atoms in total. The molecule has 0 atom stereocenters. The fourth-order valence-electron chi connectivity index (χ4n) is 1.50. The summed E-state index contributed by atoms with van der Waals surface area (Å²) in [6.45, 7) is 5.22. The molecule has 98 valence electrons. The number of hydrogen-bond acceptors (Lipinski definition) is 4. The molecular weight excluding hydrogens is 240 g/mol. The van der Waals surface area contributed by atoms with Crippen molar-refractivity contribution in [2.45, 2.75) is 26.3 Å². The number of benzene rings is 1. The summed E-state index contributed by atoms with van der Waals surface area (Å²) in [6.07, 6.45) is 0. The Balaban J connectivity index is 3.19. The molecule has 8 heteroatoms. The standard InChI is InChI=1S/C10H14N4O4/c1-10(2,3)12(14(18)11-15)8-4-6-9(7-5-8)13(16)17/h4-7,15H,1-3H3/b14-11-. The van der Waals surface area contributed by atoms with E-state index in [0.29, 0.717) is 5.69 Å². The van der Waals surface area contributed by atoms with Crippen LogP contribution in [0, 0.1) is 15.3 Å². The van der Waals surface area contributed by atoms with Gasteiger partial charge in [-0.25, -0.2) is 0 Å². The highest BCUT2D eigenvalue weighted by molar-refractivity contribution is 5.50. The van der Waals surface area contributed by atoms with E-state index in [2.05, 4.69) is 5.28 Å². The molecule has 0 unspecified atom stereocenters. The van der Waals surface area contributed by atoms with Crippen molar-refractivity contribution in [3.05, 3.63) is 39.6 Å². The van der Waals surface area contributed by atoms with Crippen molar-refractivity contribution < 1.29 is 15.1 Å². The van der Waals surface area contributed by atoms with E-state index in [1.165, 1.54) is 24.3 Å². The minimum absolute atomic E-state index is 0.0289. The molecule has 0 aliphatic carbocycles. The van der Waals surface area contributed by atoms with Crippen LogP contribution in [-0.4, -0.2) is 20.6 Å². The molecule has 0 bridgehead atoms. The fourth-order valence-corrected chi connectivity index (χ4v) is 1.50. The minimum Gasteiger partial charge on any atom is -0.569 e. The number of hydrazine groups is 1.